The maximum Gasteiger partial charge on any atom is 0.242 e. The van der Waals surface area contributed by atoms with E-state index in [0.29, 0.717) is 18.1 Å². The van der Waals surface area contributed by atoms with E-state index < -0.39 is 0 Å². The molecule has 0 aromatic heterocycles. The molecule has 2 aromatic rings. The van der Waals surface area contributed by atoms with Gasteiger partial charge in [0.2, 0.25) is 11.8 Å². The zero-order valence-electron chi connectivity index (χ0n) is 14.8. The molecule has 2 heterocycles. The molecular weight excluding hydrogens is 366 g/mol. The van der Waals surface area contributed by atoms with Gasteiger partial charge in [0, 0.05) is 42.6 Å². The van der Waals surface area contributed by atoms with Gasteiger partial charge in [-0.2, -0.15) is 0 Å². The van der Waals surface area contributed by atoms with Crippen LogP contribution in [0.15, 0.2) is 42.5 Å². The van der Waals surface area contributed by atoms with Crippen LogP contribution in [-0.4, -0.2) is 54.5 Å². The number of halogens is 1. The molecule has 0 spiro atoms. The minimum atomic E-state index is -0.0663. The molecule has 0 atom stereocenters. The minimum Gasteiger partial charge on any atom is -0.508 e. The van der Waals surface area contributed by atoms with Crippen molar-refractivity contribution in [3.05, 3.63) is 53.1 Å². The number of phenolic OH excluding ortho intramolecular Hbond substituents is 1. The fraction of sp³-hybridized carbons (Fsp3) is 0.300. The van der Waals surface area contributed by atoms with Crippen LogP contribution >= 0.6 is 11.6 Å². The van der Waals surface area contributed by atoms with Gasteiger partial charge in [-0.3, -0.25) is 9.59 Å². The first kappa shape index (κ1) is 17.7. The molecule has 0 radical (unpaired) electrons. The molecule has 2 amide bonds. The van der Waals surface area contributed by atoms with Crippen LogP contribution in [0.4, 0.5) is 11.4 Å². The first-order valence-electron chi connectivity index (χ1n) is 8.92. The average molecular weight is 386 g/mol. The van der Waals surface area contributed by atoms with Gasteiger partial charge in [0.25, 0.3) is 0 Å². The SMILES string of the molecule is O=C(CN1C(=O)Cc2cc(Cl)ccc21)N1CCN(c2ccc(O)cc2)CC1. The van der Waals surface area contributed by atoms with Crippen molar-refractivity contribution in [1.29, 1.82) is 0 Å². The topological polar surface area (TPSA) is 64.1 Å². The van der Waals surface area contributed by atoms with Gasteiger partial charge in [0.1, 0.15) is 12.3 Å². The van der Waals surface area contributed by atoms with Crippen LogP contribution in [-0.2, 0) is 16.0 Å². The Bertz CT molecular complexity index is 877. The number of aromatic hydroxyl groups is 1. The van der Waals surface area contributed by atoms with Gasteiger partial charge in [-0.15, -0.1) is 0 Å². The number of anilines is 2. The number of fused-ring (bicyclic) bond motifs is 1. The highest BCUT2D eigenvalue weighted by Gasteiger charge is 2.31. The quantitative estimate of drug-likeness (QED) is 0.880. The van der Waals surface area contributed by atoms with E-state index in [-0.39, 0.29) is 30.5 Å². The minimum absolute atomic E-state index is 0.0449. The van der Waals surface area contributed by atoms with Crippen molar-refractivity contribution in [2.45, 2.75) is 6.42 Å². The summed E-state index contributed by atoms with van der Waals surface area (Å²) in [5.74, 6) is 0.129. The van der Waals surface area contributed by atoms with Gasteiger partial charge >= 0.3 is 0 Å². The molecule has 2 aliphatic heterocycles. The Labute approximate surface area is 162 Å². The number of amides is 2. The first-order valence-corrected chi connectivity index (χ1v) is 9.29. The van der Waals surface area contributed by atoms with Crippen molar-refractivity contribution in [2.75, 3.05) is 42.5 Å². The third kappa shape index (κ3) is 3.57. The highest BCUT2D eigenvalue weighted by atomic mass is 35.5. The summed E-state index contributed by atoms with van der Waals surface area (Å²) in [5.41, 5.74) is 2.68. The van der Waals surface area contributed by atoms with Gasteiger partial charge in [-0.05, 0) is 48.0 Å². The molecule has 7 heteroatoms. The number of nitrogens with zero attached hydrogens (tertiary/aromatic N) is 3. The van der Waals surface area contributed by atoms with Crippen LogP contribution in [0, 0.1) is 0 Å². The summed E-state index contributed by atoms with van der Waals surface area (Å²) in [6.07, 6.45) is 0.289. The predicted octanol–water partition coefficient (Wildman–Crippen LogP) is 2.28. The van der Waals surface area contributed by atoms with Crippen LogP contribution in [0.25, 0.3) is 0 Å². The molecule has 2 aliphatic rings. The second-order valence-electron chi connectivity index (χ2n) is 6.81. The second kappa shape index (κ2) is 7.12. The summed E-state index contributed by atoms with van der Waals surface area (Å²) >= 11 is 6.00. The van der Waals surface area contributed by atoms with E-state index in [1.54, 1.807) is 40.1 Å². The molecule has 4 rings (SSSR count). The van der Waals surface area contributed by atoms with Crippen molar-refractivity contribution in [1.82, 2.24) is 4.90 Å². The number of phenols is 1. The van der Waals surface area contributed by atoms with Gasteiger partial charge in [-0.25, -0.2) is 0 Å². The molecule has 0 bridgehead atoms. The van der Waals surface area contributed by atoms with Crippen LogP contribution in [0.5, 0.6) is 5.75 Å². The summed E-state index contributed by atoms with van der Waals surface area (Å²) in [6.45, 7) is 2.71. The van der Waals surface area contributed by atoms with Gasteiger partial charge in [0.15, 0.2) is 0 Å². The summed E-state index contributed by atoms with van der Waals surface area (Å²) in [7, 11) is 0. The fourth-order valence-electron chi connectivity index (χ4n) is 3.64. The van der Waals surface area contributed by atoms with Crippen molar-refractivity contribution < 1.29 is 14.7 Å². The number of rotatable bonds is 3. The lowest BCUT2D eigenvalue weighted by molar-refractivity contribution is -0.131. The lowest BCUT2D eigenvalue weighted by Crippen LogP contribution is -2.51. The van der Waals surface area contributed by atoms with E-state index in [4.69, 9.17) is 11.6 Å². The summed E-state index contributed by atoms with van der Waals surface area (Å²) in [6, 6.07) is 12.4. The van der Waals surface area contributed by atoms with Crippen LogP contribution in [0.1, 0.15) is 5.56 Å². The zero-order valence-corrected chi connectivity index (χ0v) is 15.5. The Morgan fingerprint density at radius 1 is 1.04 bits per heavy atom. The summed E-state index contributed by atoms with van der Waals surface area (Å²) < 4.78 is 0. The number of benzene rings is 2. The lowest BCUT2D eigenvalue weighted by atomic mass is 10.2. The number of carbonyl (C=O) groups is 2. The molecule has 0 aliphatic carbocycles. The normalized spacial score (nSPS) is 16.6. The molecule has 6 nitrogen and oxygen atoms in total. The van der Waals surface area contributed by atoms with Crippen molar-refractivity contribution in [3.63, 3.8) is 0 Å². The van der Waals surface area contributed by atoms with E-state index >= 15 is 0 Å². The highest BCUT2D eigenvalue weighted by molar-refractivity contribution is 6.31. The first-order chi connectivity index (χ1) is 13.0. The van der Waals surface area contributed by atoms with E-state index in [1.807, 2.05) is 12.1 Å². The van der Waals surface area contributed by atoms with Gasteiger partial charge in [0.05, 0.1) is 6.42 Å². The van der Waals surface area contributed by atoms with Crippen molar-refractivity contribution in [2.24, 2.45) is 0 Å². The standard InChI is InChI=1S/C20H20ClN3O3/c21-15-1-6-18-14(11-15)12-19(26)24(18)13-20(27)23-9-7-22(8-10-23)16-2-4-17(25)5-3-16/h1-6,11,25H,7-10,12-13H2. The molecule has 1 N–H and O–H groups in total. The maximum absolute atomic E-state index is 12.7. The Kier molecular flexibility index (Phi) is 4.66. The molecular formula is C20H20ClN3O3. The van der Waals surface area contributed by atoms with Crippen molar-refractivity contribution in [3.8, 4) is 5.75 Å². The zero-order chi connectivity index (χ0) is 19.0. The molecule has 2 aromatic carbocycles. The van der Waals surface area contributed by atoms with Crippen molar-refractivity contribution >= 4 is 34.8 Å². The monoisotopic (exact) mass is 385 g/mol. The second-order valence-corrected chi connectivity index (χ2v) is 7.25. The average Bonchev–Trinajstić information content (AvgIpc) is 2.97. The van der Waals surface area contributed by atoms with E-state index in [2.05, 4.69) is 4.90 Å². The predicted molar refractivity (Wildman–Crippen MR) is 104 cm³/mol. The van der Waals surface area contributed by atoms with Gasteiger partial charge in [-0.1, -0.05) is 11.6 Å². The molecule has 1 saturated heterocycles. The third-order valence-corrected chi connectivity index (χ3v) is 5.35. The number of hydrogen-bond donors (Lipinski definition) is 1. The van der Waals surface area contributed by atoms with Gasteiger partial charge < -0.3 is 19.8 Å². The van der Waals surface area contributed by atoms with E-state index in [0.717, 1.165) is 30.0 Å². The molecule has 27 heavy (non-hydrogen) atoms. The molecule has 0 unspecified atom stereocenters. The third-order valence-electron chi connectivity index (χ3n) is 5.12. The largest absolute Gasteiger partial charge is 0.508 e. The molecule has 1 fully saturated rings. The summed E-state index contributed by atoms with van der Waals surface area (Å²) in [4.78, 5) is 30.6. The van der Waals surface area contributed by atoms with Crippen LogP contribution in [0.2, 0.25) is 5.02 Å². The van der Waals surface area contributed by atoms with Crippen LogP contribution in [0.3, 0.4) is 0 Å². The Balaban J connectivity index is 1.38. The molecule has 140 valence electrons. The Hall–Kier alpha value is -2.73. The van der Waals surface area contributed by atoms with Crippen LogP contribution < -0.4 is 9.80 Å². The number of hydrogen-bond acceptors (Lipinski definition) is 4. The molecule has 0 saturated carbocycles. The van der Waals surface area contributed by atoms with E-state index in [1.165, 1.54) is 0 Å². The van der Waals surface area contributed by atoms with E-state index in [9.17, 15) is 14.7 Å². The number of piperazine rings is 1. The fourth-order valence-corrected chi connectivity index (χ4v) is 3.83. The Morgan fingerprint density at radius 2 is 1.74 bits per heavy atom. The highest BCUT2D eigenvalue weighted by Crippen LogP contribution is 2.31. The Morgan fingerprint density at radius 3 is 2.44 bits per heavy atom. The summed E-state index contributed by atoms with van der Waals surface area (Å²) in [5, 5.41) is 10.00. The maximum atomic E-state index is 12.7. The number of carbonyl (C=O) groups excluding carboxylic acids is 2. The smallest absolute Gasteiger partial charge is 0.242 e. The lowest BCUT2D eigenvalue weighted by Gasteiger charge is -2.36.